The summed E-state index contributed by atoms with van der Waals surface area (Å²) in [5.41, 5.74) is 49.9. The maximum atomic E-state index is 14.3. The topological polar surface area (TPSA) is 324 Å². The van der Waals surface area contributed by atoms with Crippen LogP contribution in [0.4, 0.5) is 68.0 Å². The molecule has 0 aliphatic heterocycles. The SMILES string of the molecule is Nc1ccc2c(c1)CCc1nc(NC(=O)CCc3ccccc3)c(CC34CC5CC(CC(C5)C3)C4)nc1-2.Nc1ccc2c(c1)CCc1nc(NC(=O)Cc3c(F)c(F)c(F)c(F)c3F)c(CC34CC5CC(CC(C5)C3)C4)nc1-2.Nc1ccc2c(c1)CCc1nc(NC(=O)Cc3ccccc3)c(CC34CC5CC(CC(C5)C3)C4)nc1-2.Nc1ccc2c(c1)CCc1nc(NC(=O)c3ccccc3)c(CC34CC5CC(CC(C5)C3)C4)nc1-2. The van der Waals surface area contributed by atoms with Crippen molar-refractivity contribution in [3.05, 3.63) is 283 Å². The first-order valence-electron chi connectivity index (χ1n) is 55.1. The third-order valence-electron chi connectivity index (χ3n) is 37.4. The number of nitrogens with zero attached hydrogens (tertiary/aromatic N) is 8. The fourth-order valence-electron chi connectivity index (χ4n) is 33.1. The summed E-state index contributed by atoms with van der Waals surface area (Å²) in [5.74, 6) is 0.666. The first-order chi connectivity index (χ1) is 72.2. The fourth-order valence-corrected chi connectivity index (χ4v) is 33.1. The maximum absolute atomic E-state index is 14.3. The lowest BCUT2D eigenvalue weighted by Crippen LogP contribution is -2.47. The average molecular weight is 2000 g/mol. The van der Waals surface area contributed by atoms with Gasteiger partial charge in [-0.25, -0.2) is 61.8 Å². The molecule has 4 aromatic heterocycles. The van der Waals surface area contributed by atoms with Gasteiger partial charge in [0.15, 0.2) is 46.5 Å². The highest BCUT2D eigenvalue weighted by Crippen LogP contribution is 2.66. The van der Waals surface area contributed by atoms with E-state index in [0.717, 1.165) is 244 Å². The van der Waals surface area contributed by atoms with E-state index >= 15 is 0 Å². The predicted octanol–water partition coefficient (Wildman–Crippen LogP) is 24.2. The summed E-state index contributed by atoms with van der Waals surface area (Å²) in [6.45, 7) is 0. The number of aromatic nitrogens is 8. The summed E-state index contributed by atoms with van der Waals surface area (Å²) in [5, 5.41) is 12.2. The van der Waals surface area contributed by atoms with Crippen molar-refractivity contribution in [3.8, 4) is 45.0 Å². The van der Waals surface area contributed by atoms with Crippen LogP contribution in [-0.2, 0) is 111 Å². The molecule has 4 heterocycles. The van der Waals surface area contributed by atoms with Crippen molar-refractivity contribution in [1.29, 1.82) is 0 Å². The van der Waals surface area contributed by atoms with Gasteiger partial charge in [-0.15, -0.1) is 0 Å². The highest BCUT2D eigenvalue weighted by Gasteiger charge is 2.56. The van der Waals surface area contributed by atoms with Crippen molar-refractivity contribution in [2.45, 2.75) is 257 Å². The molecule has 20 nitrogen and oxygen atoms in total. The second kappa shape index (κ2) is 39.0. The molecule has 0 radical (unpaired) electrons. The van der Waals surface area contributed by atoms with Gasteiger partial charge in [0.2, 0.25) is 23.5 Å². The molecule has 4 amide bonds. The zero-order valence-corrected chi connectivity index (χ0v) is 84.7. The average Bonchev–Trinajstić information content (AvgIpc) is 0.744. The molecule has 766 valence electrons. The van der Waals surface area contributed by atoms with Crippen molar-refractivity contribution in [3.63, 3.8) is 0 Å². The van der Waals surface area contributed by atoms with Crippen LogP contribution in [0.2, 0.25) is 0 Å². The van der Waals surface area contributed by atoms with Gasteiger partial charge in [0.25, 0.3) is 5.91 Å². The van der Waals surface area contributed by atoms with Gasteiger partial charge in [-0.2, -0.15) is 0 Å². The van der Waals surface area contributed by atoms with E-state index in [1.807, 2.05) is 115 Å². The molecule has 16 saturated carbocycles. The van der Waals surface area contributed by atoms with Gasteiger partial charge in [-0.05, 0) is 424 Å². The summed E-state index contributed by atoms with van der Waals surface area (Å²) in [6.07, 6.45) is 41.8. The minimum atomic E-state index is -2.26. The lowest BCUT2D eigenvalue weighted by molar-refractivity contribution is -0.116. The van der Waals surface area contributed by atoms with Gasteiger partial charge in [0.1, 0.15) is 0 Å². The van der Waals surface area contributed by atoms with E-state index in [4.69, 9.17) is 62.8 Å². The molecule has 25 heteroatoms. The van der Waals surface area contributed by atoms with Crippen LogP contribution < -0.4 is 44.2 Å². The van der Waals surface area contributed by atoms with E-state index in [1.54, 1.807) is 0 Å². The lowest BCUT2D eigenvalue weighted by atomic mass is 9.48. The minimum Gasteiger partial charge on any atom is -0.399 e. The summed E-state index contributed by atoms with van der Waals surface area (Å²) in [4.78, 5) is 93.4. The van der Waals surface area contributed by atoms with Crippen LogP contribution in [0.25, 0.3) is 45.0 Å². The van der Waals surface area contributed by atoms with Crippen LogP contribution in [0.15, 0.2) is 164 Å². The zero-order chi connectivity index (χ0) is 101. The Labute approximate surface area is 867 Å². The molecule has 0 atom stereocenters. The number of amides is 4. The largest absolute Gasteiger partial charge is 0.399 e. The number of anilines is 8. The van der Waals surface area contributed by atoms with Crippen LogP contribution in [0.5, 0.6) is 0 Å². The van der Waals surface area contributed by atoms with Crippen molar-refractivity contribution in [2.24, 2.45) is 92.7 Å². The van der Waals surface area contributed by atoms with E-state index in [2.05, 4.69) is 69.8 Å². The number of nitrogen functional groups attached to an aromatic ring is 4. The minimum absolute atomic E-state index is 0.0220. The Morgan fingerprint density at radius 3 is 0.832 bits per heavy atom. The Morgan fingerprint density at radius 1 is 0.282 bits per heavy atom. The third kappa shape index (κ3) is 19.7. The van der Waals surface area contributed by atoms with Gasteiger partial charge in [-0.3, -0.25) is 19.2 Å². The third-order valence-corrected chi connectivity index (χ3v) is 37.4. The van der Waals surface area contributed by atoms with Crippen molar-refractivity contribution in [1.82, 2.24) is 39.9 Å². The number of rotatable bonds is 20. The summed E-state index contributed by atoms with van der Waals surface area (Å²) in [7, 11) is 0. The van der Waals surface area contributed by atoms with E-state index < -0.39 is 47.0 Å². The van der Waals surface area contributed by atoms with Gasteiger partial charge < -0.3 is 44.2 Å². The molecule has 8 aromatic carbocycles. The first-order valence-corrected chi connectivity index (χ1v) is 55.1. The van der Waals surface area contributed by atoms with Crippen LogP contribution in [0.1, 0.15) is 255 Å². The van der Waals surface area contributed by atoms with Gasteiger partial charge in [-0.1, -0.05) is 103 Å². The summed E-state index contributed by atoms with van der Waals surface area (Å²) in [6, 6.07) is 53.6. The molecular weight excluding hydrogens is 1870 g/mol. The Kier molecular flexibility index (Phi) is 25.3. The molecule has 0 spiro atoms. The number of fused-ring (bicyclic) bond motifs is 12. The molecule has 12 aromatic rings. The lowest BCUT2D eigenvalue weighted by Gasteiger charge is -2.57. The molecule has 12 N–H and O–H groups in total. The van der Waals surface area contributed by atoms with E-state index in [-0.39, 0.29) is 29.0 Å². The quantitative estimate of drug-likeness (QED) is 0.0152. The van der Waals surface area contributed by atoms with Crippen LogP contribution in [0, 0.1) is 122 Å². The van der Waals surface area contributed by atoms with E-state index in [0.29, 0.717) is 106 Å². The molecule has 20 aliphatic carbocycles. The highest BCUT2D eigenvalue weighted by atomic mass is 19.2. The Hall–Kier alpha value is -13.2. The number of hydrogen-bond acceptors (Lipinski definition) is 16. The fraction of sp³-hybridized carbons (Fsp3) is 0.452. The van der Waals surface area contributed by atoms with E-state index in [9.17, 15) is 41.1 Å². The monoisotopic (exact) mass is 2000 g/mol. The van der Waals surface area contributed by atoms with E-state index in [1.165, 1.54) is 157 Å². The van der Waals surface area contributed by atoms with Crippen LogP contribution >= 0.6 is 0 Å². The number of hydrogen-bond donors (Lipinski definition) is 8. The van der Waals surface area contributed by atoms with Gasteiger partial charge in [0.05, 0.1) is 81.2 Å². The number of carbonyl (C=O) groups is 4. The second-order valence-corrected chi connectivity index (χ2v) is 48.6. The van der Waals surface area contributed by atoms with Crippen molar-refractivity contribution >= 4 is 69.6 Å². The summed E-state index contributed by atoms with van der Waals surface area (Å²) >= 11 is 0. The van der Waals surface area contributed by atoms with Crippen molar-refractivity contribution < 1.29 is 41.1 Å². The number of benzene rings is 8. The number of nitrogens with one attached hydrogen (secondary N) is 4. The number of nitrogens with two attached hydrogens (primary N) is 4. The molecule has 0 unspecified atom stereocenters. The molecule has 0 saturated heterocycles. The first kappa shape index (κ1) is 96.6. The molecule has 32 rings (SSSR count). The molecule has 16 bridgehead atoms. The molecular formula is C124H131F5N16O4. The Balaban J connectivity index is 0.000000103. The van der Waals surface area contributed by atoms with Crippen LogP contribution in [-0.4, -0.2) is 63.5 Å². The number of carbonyl (C=O) groups excluding carboxylic acids is 4. The zero-order valence-electron chi connectivity index (χ0n) is 84.7. The van der Waals surface area contributed by atoms with Gasteiger partial charge >= 0.3 is 0 Å². The number of aryl methyl sites for hydroxylation is 9. The second-order valence-electron chi connectivity index (χ2n) is 48.6. The smallest absolute Gasteiger partial charge is 0.256 e. The molecule has 149 heavy (non-hydrogen) atoms. The Bertz CT molecular complexity index is 7150. The predicted molar refractivity (Wildman–Crippen MR) is 570 cm³/mol. The number of halogens is 5. The summed E-state index contributed by atoms with van der Waals surface area (Å²) < 4.78 is 69.7. The molecule has 20 aliphatic rings. The van der Waals surface area contributed by atoms with Crippen molar-refractivity contribution in [2.75, 3.05) is 44.2 Å². The highest BCUT2D eigenvalue weighted by molar-refractivity contribution is 6.04. The molecule has 16 fully saturated rings. The normalized spacial score (nSPS) is 26.9. The standard InChI is InChI=1S/C32H36N4O.C31H29F5N4O.C31H34N4O.C30H32N4O/c33-25-8-9-26-24(15-25)7-10-27-30(26)34-28(19-32-16-21-12-22(17-32)14-23(13-21)18-32)31(35-27)36-29(37)11-6-20-4-2-1-3-5-20;32-24-20(25(33)27(35)28(36)26(24)34)9-23(41)40-30-22(13-31-10-14-5-15(11-31)7-16(6-14)12-31)38-29-19-3-2-18(37)8-17(19)1-4-21(29)39-30;32-24-7-8-25-23(14-24)6-9-26-29(25)33-27(18-31-15-20-10-21(16-31)12-22(11-20)17-31)30(34-26)35-28(36)13-19-4-2-1-3-5-19;31-23-7-8-24-22(13-23)6-9-25-27(24)32-26(28(33-25)34-29(35)21-4-2-1-3-5-21)17-30-14-18-10-19(15-30)12-20(11-18)16-30/h1-5,8-9,15,21-23H,6-7,10-14,16-19,33H2,(H,35,36,37);2-3,8,14-16H,1,4-7,9-13,37H2,(H,39,40,41);1-5,7-8,14,20-22H,6,9-13,15-18,32H2,(H,34,35,36);1-5,7-8,13,18-20H,6,9-12,14-17,31H2,(H,33,34,35). The maximum Gasteiger partial charge on any atom is 0.256 e. The Morgan fingerprint density at radius 2 is 0.537 bits per heavy atom. The van der Waals surface area contributed by atoms with Crippen LogP contribution in [0.3, 0.4) is 0 Å². The van der Waals surface area contributed by atoms with Gasteiger partial charge in [0, 0.05) is 62.6 Å².